The van der Waals surface area contributed by atoms with Crippen molar-refractivity contribution in [3.8, 4) is 0 Å². The van der Waals surface area contributed by atoms with Gasteiger partial charge in [-0.2, -0.15) is 0 Å². The second-order valence-corrected chi connectivity index (χ2v) is 13.9. The minimum Gasteiger partial charge on any atom is -0.379 e. The summed E-state index contributed by atoms with van der Waals surface area (Å²) in [5, 5.41) is 7.92. The molecular formula is C42H68N4O16. The number of fused-ring (bicyclic) bond motifs is 1. The zero-order chi connectivity index (χ0) is 44.3. The lowest BCUT2D eigenvalue weighted by atomic mass is 10.0. The number of ether oxygens (including phenoxy) is 11. The van der Waals surface area contributed by atoms with Gasteiger partial charge >= 0.3 is 0 Å². The van der Waals surface area contributed by atoms with E-state index in [9.17, 15) is 24.0 Å². The van der Waals surface area contributed by atoms with Gasteiger partial charge in [-0.15, -0.1) is 0 Å². The zero-order valence-corrected chi connectivity index (χ0v) is 36.3. The normalized spacial score (nSPS) is 15.1. The summed E-state index contributed by atoms with van der Waals surface area (Å²) < 4.78 is 60.3. The Hall–Kier alpha value is -3.51. The Morgan fingerprint density at radius 3 is 1.45 bits per heavy atom. The zero-order valence-electron chi connectivity index (χ0n) is 36.3. The minimum absolute atomic E-state index is 0.0274. The molecule has 3 rings (SSSR count). The number of benzene rings is 1. The molecule has 5 amide bonds. The van der Waals surface area contributed by atoms with Gasteiger partial charge in [-0.3, -0.25) is 34.2 Å². The maximum Gasteiger partial charge on any atom is 0.264 e. The molecule has 0 aliphatic carbocycles. The number of anilines is 1. The average molecular weight is 885 g/mol. The Balaban J connectivity index is 0.989. The van der Waals surface area contributed by atoms with E-state index < -0.39 is 29.7 Å². The van der Waals surface area contributed by atoms with Crippen LogP contribution in [0.25, 0.3) is 0 Å². The van der Waals surface area contributed by atoms with Crippen LogP contribution in [0.5, 0.6) is 0 Å². The molecule has 20 heteroatoms. The third-order valence-corrected chi connectivity index (χ3v) is 9.15. The van der Waals surface area contributed by atoms with Crippen molar-refractivity contribution in [1.29, 1.82) is 0 Å². The molecule has 2 aliphatic heterocycles. The van der Waals surface area contributed by atoms with E-state index in [4.69, 9.17) is 52.1 Å². The van der Waals surface area contributed by atoms with Gasteiger partial charge in [0.15, 0.2) is 0 Å². The van der Waals surface area contributed by atoms with Gasteiger partial charge in [-0.25, -0.2) is 0 Å². The molecule has 1 saturated heterocycles. The van der Waals surface area contributed by atoms with Crippen LogP contribution >= 0.6 is 0 Å². The fourth-order valence-electron chi connectivity index (χ4n) is 5.97. The third-order valence-electron chi connectivity index (χ3n) is 9.15. The number of amides is 5. The summed E-state index contributed by atoms with van der Waals surface area (Å²) in [5.41, 5.74) is 0.380. The molecule has 0 bridgehead atoms. The van der Waals surface area contributed by atoms with Crippen LogP contribution in [-0.2, 0) is 66.5 Å². The smallest absolute Gasteiger partial charge is 0.264 e. The van der Waals surface area contributed by atoms with E-state index in [1.165, 1.54) is 6.07 Å². The number of unbranched alkanes of at least 4 members (excludes halogenated alkanes) is 2. The Bertz CT molecular complexity index is 1420. The molecule has 1 fully saturated rings. The quantitative estimate of drug-likeness (QED) is 0.0616. The molecule has 3 N–H and O–H groups in total. The Morgan fingerprint density at radius 1 is 0.581 bits per heavy atom. The van der Waals surface area contributed by atoms with Crippen LogP contribution in [0.15, 0.2) is 18.2 Å². The molecular weight excluding hydrogens is 816 g/mol. The molecule has 1 unspecified atom stereocenters. The second-order valence-electron chi connectivity index (χ2n) is 13.9. The number of hydrogen-bond acceptors (Lipinski definition) is 17. The summed E-state index contributed by atoms with van der Waals surface area (Å²) in [6, 6.07) is 3.53. The lowest BCUT2D eigenvalue weighted by Crippen LogP contribution is -2.54. The van der Waals surface area contributed by atoms with Crippen molar-refractivity contribution in [3.63, 3.8) is 0 Å². The van der Waals surface area contributed by atoms with E-state index in [0.29, 0.717) is 152 Å². The highest BCUT2D eigenvalue weighted by Gasteiger charge is 2.45. The lowest BCUT2D eigenvalue weighted by molar-refractivity contribution is -0.136. The number of nitrogens with zero attached hydrogens (tertiary/aromatic N) is 1. The Kier molecular flexibility index (Phi) is 29.7. The number of likely N-dealkylation sites (N-methyl/N-ethyl adjacent to an activating group) is 1. The van der Waals surface area contributed by atoms with E-state index >= 15 is 0 Å². The molecule has 0 spiro atoms. The second kappa shape index (κ2) is 34.9. The van der Waals surface area contributed by atoms with Crippen molar-refractivity contribution in [2.24, 2.45) is 0 Å². The molecule has 352 valence electrons. The largest absolute Gasteiger partial charge is 0.379 e. The first-order chi connectivity index (χ1) is 30.4. The minimum atomic E-state index is -1.07. The monoisotopic (exact) mass is 884 g/mol. The van der Waals surface area contributed by atoms with E-state index in [1.54, 1.807) is 12.1 Å². The van der Waals surface area contributed by atoms with Gasteiger partial charge in [-0.05, 0) is 38.4 Å². The van der Waals surface area contributed by atoms with Crippen molar-refractivity contribution >= 4 is 35.2 Å². The van der Waals surface area contributed by atoms with Crippen molar-refractivity contribution in [1.82, 2.24) is 15.5 Å². The van der Waals surface area contributed by atoms with Crippen LogP contribution in [0.3, 0.4) is 0 Å². The highest BCUT2D eigenvalue weighted by Crippen LogP contribution is 2.32. The number of rotatable bonds is 41. The fraction of sp³-hybridized carbons (Fsp3) is 0.738. The fourth-order valence-corrected chi connectivity index (χ4v) is 5.97. The molecule has 62 heavy (non-hydrogen) atoms. The van der Waals surface area contributed by atoms with Crippen LogP contribution in [0.4, 0.5) is 5.69 Å². The van der Waals surface area contributed by atoms with Gasteiger partial charge in [0.1, 0.15) is 6.04 Å². The highest BCUT2D eigenvalue weighted by molar-refractivity contribution is 6.26. The van der Waals surface area contributed by atoms with Crippen LogP contribution < -0.4 is 16.0 Å². The topological polar surface area (TPSA) is 226 Å². The lowest BCUT2D eigenvalue weighted by Gasteiger charge is -2.27. The van der Waals surface area contributed by atoms with E-state index in [-0.39, 0.29) is 42.0 Å². The van der Waals surface area contributed by atoms with Crippen molar-refractivity contribution in [2.45, 2.75) is 44.6 Å². The predicted molar refractivity (Wildman–Crippen MR) is 223 cm³/mol. The molecule has 2 heterocycles. The van der Waals surface area contributed by atoms with Gasteiger partial charge in [0.25, 0.3) is 11.8 Å². The number of nitrogens with one attached hydrogen (secondary N) is 3. The highest BCUT2D eigenvalue weighted by atomic mass is 16.6. The maximum absolute atomic E-state index is 13.2. The summed E-state index contributed by atoms with van der Waals surface area (Å²) in [6.07, 6.45) is 2.44. The van der Waals surface area contributed by atoms with Gasteiger partial charge in [-0.1, -0.05) is 12.5 Å². The first kappa shape index (κ1) is 52.8. The van der Waals surface area contributed by atoms with E-state index in [2.05, 4.69) is 16.0 Å². The molecule has 0 saturated carbocycles. The van der Waals surface area contributed by atoms with Crippen molar-refractivity contribution in [3.05, 3.63) is 29.3 Å². The number of carbonyl (C=O) groups excluding carboxylic acids is 5. The summed E-state index contributed by atoms with van der Waals surface area (Å²) in [4.78, 5) is 63.6. The van der Waals surface area contributed by atoms with Gasteiger partial charge < -0.3 is 62.7 Å². The summed E-state index contributed by atoms with van der Waals surface area (Å²) in [6.45, 7) is 11.8. The van der Waals surface area contributed by atoms with Gasteiger partial charge in [0.05, 0.1) is 156 Å². The van der Waals surface area contributed by atoms with Crippen LogP contribution in [0.1, 0.15) is 59.2 Å². The van der Waals surface area contributed by atoms with Gasteiger partial charge in [0, 0.05) is 26.0 Å². The standard InChI is InChI=1S/C42H68N4O16/c1-43-11-13-53-15-17-55-19-21-57-23-25-59-27-29-61-31-33-62-32-30-60-28-26-58-24-22-56-20-18-54-16-14-52-12-4-2-3-8-37(47)44-35-7-5-6-34-39(35)42(51)46(41(34)50)36-9-10-38(48)45-40(36)49/h5-7,36,43H,2-4,8-33H2,1H3,(H,44,47)(H,45,48,49). The van der Waals surface area contributed by atoms with Crippen molar-refractivity contribution < 1.29 is 76.1 Å². The van der Waals surface area contributed by atoms with Crippen molar-refractivity contribution in [2.75, 3.05) is 164 Å². The number of piperidine rings is 1. The Labute approximate surface area is 364 Å². The maximum atomic E-state index is 13.2. The average Bonchev–Trinajstić information content (AvgIpc) is 3.52. The first-order valence-electron chi connectivity index (χ1n) is 21.6. The van der Waals surface area contributed by atoms with Crippen LogP contribution in [0.2, 0.25) is 0 Å². The number of carbonyl (C=O) groups is 5. The Morgan fingerprint density at radius 2 is 1.02 bits per heavy atom. The van der Waals surface area contributed by atoms with E-state index in [1.807, 2.05) is 7.05 Å². The number of hydrogen-bond donors (Lipinski definition) is 3. The van der Waals surface area contributed by atoms with Crippen LogP contribution in [0, 0.1) is 0 Å². The van der Waals surface area contributed by atoms with Gasteiger partial charge in [0.2, 0.25) is 17.7 Å². The molecule has 0 radical (unpaired) electrons. The summed E-state index contributed by atoms with van der Waals surface area (Å²) in [7, 11) is 1.89. The predicted octanol–water partition coefficient (Wildman–Crippen LogP) is 0.989. The molecule has 0 aromatic heterocycles. The SMILES string of the molecule is CNCCOCCOCCOCCOCCOCCOCCOCCOCCOCCOCCOCCCCCC(=O)Nc1cccc2c1C(=O)N(C1CCC(=O)NC1=O)C2=O. The van der Waals surface area contributed by atoms with E-state index in [0.717, 1.165) is 24.3 Å². The summed E-state index contributed by atoms with van der Waals surface area (Å²) in [5.74, 6) is -2.72. The number of imide groups is 2. The molecule has 1 atom stereocenters. The van der Waals surface area contributed by atoms with Crippen LogP contribution in [-0.4, -0.2) is 199 Å². The first-order valence-corrected chi connectivity index (χ1v) is 21.6. The third kappa shape index (κ3) is 22.7. The molecule has 1 aromatic rings. The summed E-state index contributed by atoms with van der Waals surface area (Å²) >= 11 is 0. The molecule has 2 aliphatic rings. The molecule has 1 aromatic carbocycles. The molecule has 20 nitrogen and oxygen atoms in total.